The molecular weight excluding hydrogens is 428 g/mol. The van der Waals surface area contributed by atoms with Gasteiger partial charge >= 0.3 is 6.03 Å². The summed E-state index contributed by atoms with van der Waals surface area (Å²) in [5, 5.41) is 5.84. The lowest BCUT2D eigenvalue weighted by Crippen LogP contribution is -2.42. The number of nitrogens with two attached hydrogens (primary N) is 1. The second-order valence-corrected chi connectivity index (χ2v) is 9.86. The number of aryl methyl sites for hydroxylation is 3. The Morgan fingerprint density at radius 1 is 1.16 bits per heavy atom. The van der Waals surface area contributed by atoms with Crippen molar-refractivity contribution in [3.63, 3.8) is 0 Å². The first-order valence-electron chi connectivity index (χ1n) is 10.8. The number of nitrogens with zero attached hydrogens (tertiary/aromatic N) is 1. The number of amides is 5. The zero-order valence-corrected chi connectivity index (χ0v) is 18.6. The second kappa shape index (κ2) is 7.44. The molecule has 4 N–H and O–H groups in total. The minimum atomic E-state index is -1.22. The Labute approximate surface area is 189 Å². The van der Waals surface area contributed by atoms with E-state index in [4.69, 9.17) is 5.73 Å². The fourth-order valence-electron chi connectivity index (χ4n) is 4.98. The number of benzene rings is 1. The molecule has 0 bridgehead atoms. The number of nitrogens with one attached hydrogen (secondary N) is 2. The van der Waals surface area contributed by atoms with E-state index in [0.717, 1.165) is 53.9 Å². The van der Waals surface area contributed by atoms with Crippen molar-refractivity contribution in [1.82, 2.24) is 10.2 Å². The van der Waals surface area contributed by atoms with Crippen molar-refractivity contribution in [2.45, 2.75) is 51.0 Å². The van der Waals surface area contributed by atoms with Crippen LogP contribution in [0.1, 0.15) is 57.3 Å². The molecule has 2 aliphatic carbocycles. The Morgan fingerprint density at radius 2 is 1.91 bits per heavy atom. The lowest BCUT2D eigenvalue weighted by molar-refractivity contribution is -0.133. The number of fused-ring (bicyclic) bond motifs is 2. The summed E-state index contributed by atoms with van der Waals surface area (Å²) < 4.78 is 0. The summed E-state index contributed by atoms with van der Waals surface area (Å²) in [5.74, 6) is -1.60. The van der Waals surface area contributed by atoms with E-state index >= 15 is 0 Å². The number of hydrogen-bond acceptors (Lipinski definition) is 5. The summed E-state index contributed by atoms with van der Waals surface area (Å²) in [5.41, 5.74) is 8.75. The summed E-state index contributed by atoms with van der Waals surface area (Å²) in [4.78, 5) is 52.5. The van der Waals surface area contributed by atoms with Crippen LogP contribution in [0.15, 0.2) is 18.2 Å². The molecule has 166 valence electrons. The highest BCUT2D eigenvalue weighted by Crippen LogP contribution is 2.39. The molecule has 5 amide bonds. The van der Waals surface area contributed by atoms with Gasteiger partial charge in [-0.05, 0) is 67.7 Å². The number of rotatable bonds is 5. The van der Waals surface area contributed by atoms with Crippen LogP contribution in [0.3, 0.4) is 0 Å². The van der Waals surface area contributed by atoms with E-state index in [1.807, 2.05) is 18.2 Å². The maximum Gasteiger partial charge on any atom is 0.325 e. The highest BCUT2D eigenvalue weighted by molar-refractivity contribution is 7.17. The van der Waals surface area contributed by atoms with Gasteiger partial charge in [-0.25, -0.2) is 4.79 Å². The van der Waals surface area contributed by atoms with Crippen molar-refractivity contribution in [3.8, 4) is 0 Å². The van der Waals surface area contributed by atoms with Crippen molar-refractivity contribution >= 4 is 40.1 Å². The number of hydrogen-bond donors (Lipinski definition) is 3. The van der Waals surface area contributed by atoms with E-state index in [1.54, 1.807) is 6.92 Å². The van der Waals surface area contributed by atoms with Crippen LogP contribution >= 0.6 is 11.3 Å². The average molecular weight is 453 g/mol. The van der Waals surface area contributed by atoms with Gasteiger partial charge in [-0.3, -0.25) is 19.3 Å². The van der Waals surface area contributed by atoms with Gasteiger partial charge in [-0.15, -0.1) is 11.3 Å². The predicted octanol–water partition coefficient (Wildman–Crippen LogP) is 2.23. The monoisotopic (exact) mass is 452 g/mol. The quantitative estimate of drug-likeness (QED) is 0.602. The maximum atomic E-state index is 13.2. The molecule has 1 saturated heterocycles. The Balaban J connectivity index is 1.34. The topological polar surface area (TPSA) is 122 Å². The zero-order valence-electron chi connectivity index (χ0n) is 17.7. The molecule has 1 aromatic heterocycles. The molecule has 0 spiro atoms. The van der Waals surface area contributed by atoms with Crippen LogP contribution in [0, 0.1) is 0 Å². The van der Waals surface area contributed by atoms with Crippen molar-refractivity contribution in [2.75, 3.05) is 11.9 Å². The fraction of sp³-hybridized carbons (Fsp3) is 0.391. The van der Waals surface area contributed by atoms with Crippen molar-refractivity contribution in [3.05, 3.63) is 50.9 Å². The first-order valence-corrected chi connectivity index (χ1v) is 11.6. The number of primary amides is 1. The molecule has 1 fully saturated rings. The lowest BCUT2D eigenvalue weighted by Gasteiger charge is -2.23. The van der Waals surface area contributed by atoms with Gasteiger partial charge in [0.1, 0.15) is 17.1 Å². The van der Waals surface area contributed by atoms with Crippen LogP contribution in [-0.4, -0.2) is 35.2 Å². The predicted molar refractivity (Wildman–Crippen MR) is 120 cm³/mol. The van der Waals surface area contributed by atoms with E-state index < -0.39 is 35.8 Å². The minimum absolute atomic E-state index is 0.344. The number of anilines is 1. The average Bonchev–Trinajstić information content (AvgIpc) is 3.48. The van der Waals surface area contributed by atoms with Gasteiger partial charge in [-0.2, -0.15) is 0 Å². The molecule has 2 aromatic rings. The summed E-state index contributed by atoms with van der Waals surface area (Å²) in [7, 11) is 0. The summed E-state index contributed by atoms with van der Waals surface area (Å²) in [6, 6.07) is 5.25. The molecule has 3 aliphatic rings. The molecule has 5 rings (SSSR count). The zero-order chi connectivity index (χ0) is 22.6. The molecule has 0 radical (unpaired) electrons. The van der Waals surface area contributed by atoms with Gasteiger partial charge in [-0.1, -0.05) is 18.2 Å². The molecule has 0 saturated carbocycles. The third kappa shape index (κ3) is 3.19. The van der Waals surface area contributed by atoms with Crippen LogP contribution in [0.4, 0.5) is 9.80 Å². The first-order chi connectivity index (χ1) is 15.3. The lowest BCUT2D eigenvalue weighted by atomic mass is 9.89. The number of imide groups is 1. The Bertz CT molecular complexity index is 1190. The van der Waals surface area contributed by atoms with Crippen molar-refractivity contribution < 1.29 is 19.2 Å². The Hall–Kier alpha value is -3.20. The molecule has 0 unspecified atom stereocenters. The number of carbonyl (C=O) groups excluding carboxylic acids is 4. The van der Waals surface area contributed by atoms with Gasteiger partial charge in [0.15, 0.2) is 0 Å². The molecule has 1 aromatic carbocycles. The molecule has 1 aliphatic heterocycles. The van der Waals surface area contributed by atoms with E-state index in [-0.39, 0.29) is 0 Å². The second-order valence-electron chi connectivity index (χ2n) is 8.76. The van der Waals surface area contributed by atoms with Gasteiger partial charge in [0.2, 0.25) is 5.91 Å². The molecular formula is C23H24N4O4S. The van der Waals surface area contributed by atoms with E-state index in [9.17, 15) is 19.2 Å². The third-order valence-corrected chi connectivity index (χ3v) is 7.88. The van der Waals surface area contributed by atoms with Crippen molar-refractivity contribution in [2.24, 2.45) is 5.73 Å². The standard InChI is InChI=1S/C23H24N4O4S/c1-23(14-9-8-12-4-2-5-13(12)10-14)21(30)27(22(31)26-23)11-17(28)25-20-18(19(24)29)15-6-3-7-16(15)32-20/h8-10H,2-7,11H2,1H3,(H2,24,29)(H,25,28)(H,26,31)/t23-/m0/s1. The number of thiophene rings is 1. The summed E-state index contributed by atoms with van der Waals surface area (Å²) >= 11 is 1.34. The molecule has 9 heteroatoms. The SMILES string of the molecule is C[C@@]1(c2ccc3c(c2)CCC3)NC(=O)N(CC(=O)Nc2sc3c(c2C(N)=O)CCC3)C1=O. The Kier molecular flexibility index (Phi) is 4.81. The molecule has 8 nitrogen and oxygen atoms in total. The number of carbonyl (C=O) groups is 4. The van der Waals surface area contributed by atoms with Crippen molar-refractivity contribution in [1.29, 1.82) is 0 Å². The molecule has 1 atom stereocenters. The first kappa shape index (κ1) is 20.7. The Morgan fingerprint density at radius 3 is 2.69 bits per heavy atom. The normalized spacial score (nSPS) is 21.5. The van der Waals surface area contributed by atoms with Gasteiger partial charge in [0.25, 0.3) is 11.8 Å². The van der Waals surface area contributed by atoms with Crippen LogP contribution < -0.4 is 16.4 Å². The maximum absolute atomic E-state index is 13.2. The molecule has 32 heavy (non-hydrogen) atoms. The fourth-order valence-corrected chi connectivity index (χ4v) is 6.29. The smallest absolute Gasteiger partial charge is 0.325 e. The highest BCUT2D eigenvalue weighted by Gasteiger charge is 2.49. The molecule has 2 heterocycles. The summed E-state index contributed by atoms with van der Waals surface area (Å²) in [6.07, 6.45) is 5.63. The highest BCUT2D eigenvalue weighted by atomic mass is 32.1. The van der Waals surface area contributed by atoms with E-state index in [1.165, 1.54) is 22.5 Å². The minimum Gasteiger partial charge on any atom is -0.365 e. The van der Waals surface area contributed by atoms with Crippen LogP contribution in [0.2, 0.25) is 0 Å². The van der Waals surface area contributed by atoms with E-state index in [2.05, 4.69) is 10.6 Å². The van der Waals surface area contributed by atoms with Gasteiger partial charge < -0.3 is 16.4 Å². The van der Waals surface area contributed by atoms with E-state index in [0.29, 0.717) is 16.1 Å². The van der Waals surface area contributed by atoms with Crippen LogP contribution in [-0.2, 0) is 40.8 Å². The number of urea groups is 1. The van der Waals surface area contributed by atoms with Crippen LogP contribution in [0.5, 0.6) is 0 Å². The van der Waals surface area contributed by atoms with Crippen LogP contribution in [0.25, 0.3) is 0 Å². The van der Waals surface area contributed by atoms with Gasteiger partial charge in [0.05, 0.1) is 5.56 Å². The largest absolute Gasteiger partial charge is 0.365 e. The summed E-state index contributed by atoms with van der Waals surface area (Å²) in [6.45, 7) is 1.22. The van der Waals surface area contributed by atoms with Gasteiger partial charge in [0, 0.05) is 4.88 Å². The third-order valence-electron chi connectivity index (χ3n) is 6.67.